The average Bonchev–Trinajstić information content (AvgIpc) is 2.53. The molecule has 1 aromatic rings. The van der Waals surface area contributed by atoms with E-state index in [-0.39, 0.29) is 5.60 Å². The Labute approximate surface area is 120 Å². The molecule has 0 aliphatic carbocycles. The highest BCUT2D eigenvalue weighted by Gasteiger charge is 2.32. The average molecular weight is 281 g/mol. The Morgan fingerprint density at radius 2 is 1.95 bits per heavy atom. The normalized spacial score (nSPS) is 22.5. The molecule has 5 heteroatoms. The van der Waals surface area contributed by atoms with Crippen LogP contribution in [-0.2, 0) is 9.47 Å². The minimum atomic E-state index is -0.332. The molecule has 0 bridgehead atoms. The van der Waals surface area contributed by atoms with Crippen molar-refractivity contribution in [3.63, 3.8) is 0 Å². The largest absolute Gasteiger partial charge is 0.497 e. The third-order valence-electron chi connectivity index (χ3n) is 3.48. The Morgan fingerprint density at radius 1 is 1.20 bits per heavy atom. The number of hydrogen-bond acceptors (Lipinski definition) is 5. The zero-order chi connectivity index (χ0) is 14.3. The van der Waals surface area contributed by atoms with E-state index in [1.54, 1.807) is 7.11 Å². The van der Waals surface area contributed by atoms with Crippen LogP contribution in [0.4, 0.5) is 0 Å². The zero-order valence-electron chi connectivity index (χ0n) is 12.0. The Bertz CT molecular complexity index is 387. The molecule has 112 valence electrons. The molecule has 0 radical (unpaired) electrons. The van der Waals surface area contributed by atoms with Crippen LogP contribution in [0, 0.1) is 0 Å². The summed E-state index contributed by atoms with van der Waals surface area (Å²) in [5, 5.41) is 0. The summed E-state index contributed by atoms with van der Waals surface area (Å²) in [5.74, 6) is 1.62. The first-order valence-electron chi connectivity index (χ1n) is 6.97. The van der Waals surface area contributed by atoms with Gasteiger partial charge in [-0.2, -0.15) is 0 Å². The predicted molar refractivity (Wildman–Crippen MR) is 76.3 cm³/mol. The molecule has 0 amide bonds. The second-order valence-electron chi connectivity index (χ2n) is 4.92. The van der Waals surface area contributed by atoms with Crippen molar-refractivity contribution in [1.82, 2.24) is 0 Å². The molecule has 20 heavy (non-hydrogen) atoms. The lowest BCUT2D eigenvalue weighted by molar-refractivity contribution is -0.127. The van der Waals surface area contributed by atoms with Crippen LogP contribution >= 0.6 is 0 Å². The number of ether oxygens (including phenoxy) is 4. The van der Waals surface area contributed by atoms with Gasteiger partial charge in [-0.05, 0) is 37.1 Å². The van der Waals surface area contributed by atoms with Crippen LogP contribution < -0.4 is 15.2 Å². The van der Waals surface area contributed by atoms with E-state index < -0.39 is 0 Å². The van der Waals surface area contributed by atoms with Gasteiger partial charge in [0.15, 0.2) is 0 Å². The fourth-order valence-corrected chi connectivity index (χ4v) is 2.25. The molecule has 0 saturated carbocycles. The van der Waals surface area contributed by atoms with Crippen molar-refractivity contribution >= 4 is 0 Å². The highest BCUT2D eigenvalue weighted by atomic mass is 16.6. The van der Waals surface area contributed by atoms with E-state index in [1.165, 1.54) is 0 Å². The highest BCUT2D eigenvalue weighted by Crippen LogP contribution is 2.22. The molecule has 1 aliphatic rings. The molecule has 1 saturated heterocycles. The molecule has 1 aromatic carbocycles. The third kappa shape index (κ3) is 4.10. The first-order valence-corrected chi connectivity index (χ1v) is 6.97. The van der Waals surface area contributed by atoms with Crippen molar-refractivity contribution in [2.75, 3.05) is 40.1 Å². The Balaban J connectivity index is 1.72. The summed E-state index contributed by atoms with van der Waals surface area (Å²) in [6.45, 7) is 2.86. The Kier molecular flexibility index (Phi) is 5.64. The number of methoxy groups -OCH3 is 1. The van der Waals surface area contributed by atoms with Crippen LogP contribution in [0.25, 0.3) is 0 Å². The van der Waals surface area contributed by atoms with Gasteiger partial charge in [0.1, 0.15) is 23.7 Å². The van der Waals surface area contributed by atoms with Crippen LogP contribution in [0.15, 0.2) is 24.3 Å². The lowest BCUT2D eigenvalue weighted by Gasteiger charge is -2.35. The minimum Gasteiger partial charge on any atom is -0.497 e. The van der Waals surface area contributed by atoms with E-state index in [9.17, 15) is 0 Å². The van der Waals surface area contributed by atoms with Gasteiger partial charge in [0.05, 0.1) is 20.3 Å². The summed E-state index contributed by atoms with van der Waals surface area (Å²) < 4.78 is 22.1. The fraction of sp³-hybridized carbons (Fsp3) is 0.600. The summed E-state index contributed by atoms with van der Waals surface area (Å²) in [4.78, 5) is 0. The Morgan fingerprint density at radius 3 is 2.55 bits per heavy atom. The van der Waals surface area contributed by atoms with Gasteiger partial charge in [0.2, 0.25) is 0 Å². The molecule has 1 unspecified atom stereocenters. The molecular formula is C15H23NO4. The number of benzene rings is 1. The molecule has 1 atom stereocenters. The van der Waals surface area contributed by atoms with Gasteiger partial charge < -0.3 is 24.7 Å². The third-order valence-corrected chi connectivity index (χ3v) is 3.48. The molecule has 1 heterocycles. The Hall–Kier alpha value is -1.30. The molecule has 1 aliphatic heterocycles. The summed E-state index contributed by atoms with van der Waals surface area (Å²) in [6, 6.07) is 7.49. The smallest absolute Gasteiger partial charge is 0.119 e. The van der Waals surface area contributed by atoms with Gasteiger partial charge in [-0.3, -0.25) is 0 Å². The van der Waals surface area contributed by atoms with Crippen molar-refractivity contribution in [3.05, 3.63) is 24.3 Å². The van der Waals surface area contributed by atoms with Crippen molar-refractivity contribution in [2.45, 2.75) is 18.4 Å². The zero-order valence-corrected chi connectivity index (χ0v) is 12.0. The number of nitrogens with two attached hydrogens (primary N) is 1. The summed E-state index contributed by atoms with van der Waals surface area (Å²) in [6.07, 6.45) is 1.95. The monoisotopic (exact) mass is 281 g/mol. The molecular weight excluding hydrogens is 258 g/mol. The van der Waals surface area contributed by atoms with Gasteiger partial charge in [-0.15, -0.1) is 0 Å². The first-order chi connectivity index (χ1) is 9.78. The second kappa shape index (κ2) is 7.47. The summed E-state index contributed by atoms with van der Waals surface area (Å²) >= 11 is 0. The standard InChI is InChI=1S/C15H23NO4/c1-17-13-3-5-14(6-4-13)19-9-10-20-15(11-16)7-2-8-18-12-15/h3-6H,2,7-12,16H2,1H3. The van der Waals surface area contributed by atoms with E-state index in [0.717, 1.165) is 30.9 Å². The van der Waals surface area contributed by atoms with E-state index >= 15 is 0 Å². The highest BCUT2D eigenvalue weighted by molar-refractivity contribution is 5.31. The summed E-state index contributed by atoms with van der Waals surface area (Å²) in [5.41, 5.74) is 5.47. The van der Waals surface area contributed by atoms with Crippen molar-refractivity contribution in [3.8, 4) is 11.5 Å². The first kappa shape index (κ1) is 15.1. The predicted octanol–water partition coefficient (Wildman–Crippen LogP) is 1.60. The van der Waals surface area contributed by atoms with E-state index in [0.29, 0.717) is 26.4 Å². The van der Waals surface area contributed by atoms with Crippen LogP contribution in [0.5, 0.6) is 11.5 Å². The molecule has 1 fully saturated rings. The van der Waals surface area contributed by atoms with Gasteiger partial charge in [0, 0.05) is 13.2 Å². The molecule has 2 rings (SSSR count). The summed E-state index contributed by atoms with van der Waals surface area (Å²) in [7, 11) is 1.64. The van der Waals surface area contributed by atoms with Gasteiger partial charge in [0.25, 0.3) is 0 Å². The van der Waals surface area contributed by atoms with Crippen LogP contribution in [0.2, 0.25) is 0 Å². The molecule has 0 aromatic heterocycles. The van der Waals surface area contributed by atoms with E-state index in [1.807, 2.05) is 24.3 Å². The van der Waals surface area contributed by atoms with E-state index in [2.05, 4.69) is 0 Å². The maximum atomic E-state index is 5.89. The molecule has 5 nitrogen and oxygen atoms in total. The lowest BCUT2D eigenvalue weighted by Crippen LogP contribution is -2.48. The molecule has 2 N–H and O–H groups in total. The van der Waals surface area contributed by atoms with Crippen molar-refractivity contribution < 1.29 is 18.9 Å². The van der Waals surface area contributed by atoms with Crippen LogP contribution in [-0.4, -0.2) is 45.7 Å². The van der Waals surface area contributed by atoms with Crippen molar-refractivity contribution in [2.24, 2.45) is 5.73 Å². The van der Waals surface area contributed by atoms with Gasteiger partial charge in [-0.25, -0.2) is 0 Å². The molecule has 0 spiro atoms. The topological polar surface area (TPSA) is 62.9 Å². The van der Waals surface area contributed by atoms with Crippen LogP contribution in [0.1, 0.15) is 12.8 Å². The van der Waals surface area contributed by atoms with Gasteiger partial charge in [-0.1, -0.05) is 0 Å². The van der Waals surface area contributed by atoms with Gasteiger partial charge >= 0.3 is 0 Å². The van der Waals surface area contributed by atoms with Crippen molar-refractivity contribution in [1.29, 1.82) is 0 Å². The maximum absolute atomic E-state index is 5.89. The second-order valence-corrected chi connectivity index (χ2v) is 4.92. The van der Waals surface area contributed by atoms with Crippen LogP contribution in [0.3, 0.4) is 0 Å². The number of hydrogen-bond donors (Lipinski definition) is 1. The SMILES string of the molecule is COc1ccc(OCCOC2(CN)CCCOC2)cc1. The van der Waals surface area contributed by atoms with E-state index in [4.69, 9.17) is 24.7 Å². The minimum absolute atomic E-state index is 0.332. The lowest BCUT2D eigenvalue weighted by atomic mass is 9.97. The number of rotatable bonds is 7. The maximum Gasteiger partial charge on any atom is 0.119 e. The fourth-order valence-electron chi connectivity index (χ4n) is 2.25. The quantitative estimate of drug-likeness (QED) is 0.769.